The zero-order chi connectivity index (χ0) is 19.5. The quantitative estimate of drug-likeness (QED) is 0.503. The van der Waals surface area contributed by atoms with Crippen LogP contribution in [0.4, 0.5) is 11.5 Å². The largest absolute Gasteiger partial charge is 0.340 e. The Labute approximate surface area is 167 Å². The van der Waals surface area contributed by atoms with E-state index in [-0.39, 0.29) is 5.56 Å². The highest BCUT2D eigenvalue weighted by molar-refractivity contribution is 6.33. The highest BCUT2D eigenvalue weighted by Crippen LogP contribution is 2.29. The van der Waals surface area contributed by atoms with E-state index in [9.17, 15) is 4.79 Å². The second-order valence-corrected chi connectivity index (χ2v) is 6.77. The predicted octanol–water partition coefficient (Wildman–Crippen LogP) is 5.20. The van der Waals surface area contributed by atoms with Gasteiger partial charge in [0.25, 0.3) is 0 Å². The van der Waals surface area contributed by atoms with Crippen LogP contribution in [0.25, 0.3) is 22.4 Å². The van der Waals surface area contributed by atoms with Crippen molar-refractivity contribution in [3.8, 4) is 22.4 Å². The number of H-pyrrole nitrogens is 1. The number of anilines is 2. The highest BCUT2D eigenvalue weighted by Gasteiger charge is 2.08. The van der Waals surface area contributed by atoms with Crippen LogP contribution in [0.3, 0.4) is 0 Å². The Morgan fingerprint density at radius 2 is 1.75 bits per heavy atom. The molecule has 0 aliphatic rings. The molecule has 3 heterocycles. The fourth-order valence-electron chi connectivity index (χ4n) is 2.98. The first-order valence-corrected chi connectivity index (χ1v) is 9.12. The number of nitrogens with zero attached hydrogens (tertiary/aromatic N) is 2. The monoisotopic (exact) mass is 388 g/mol. The summed E-state index contributed by atoms with van der Waals surface area (Å²) in [5, 5.41) is 3.85. The van der Waals surface area contributed by atoms with Crippen molar-refractivity contribution in [2.45, 2.75) is 6.92 Å². The summed E-state index contributed by atoms with van der Waals surface area (Å²) in [6.45, 7) is 1.93. The van der Waals surface area contributed by atoms with Crippen molar-refractivity contribution in [3.63, 3.8) is 0 Å². The van der Waals surface area contributed by atoms with Gasteiger partial charge in [-0.3, -0.25) is 9.78 Å². The average Bonchev–Trinajstić information content (AvgIpc) is 2.68. The molecule has 0 aliphatic carbocycles. The Kier molecular flexibility index (Phi) is 4.91. The molecule has 138 valence electrons. The Hall–Kier alpha value is -3.44. The third kappa shape index (κ3) is 3.94. The van der Waals surface area contributed by atoms with Gasteiger partial charge in [0.15, 0.2) is 0 Å². The topological polar surface area (TPSA) is 70.7 Å². The van der Waals surface area contributed by atoms with Crippen LogP contribution in [0, 0.1) is 6.92 Å². The normalized spacial score (nSPS) is 10.6. The maximum Gasteiger partial charge on any atom is 0.249 e. The van der Waals surface area contributed by atoms with Crippen LogP contribution in [0.15, 0.2) is 77.9 Å². The van der Waals surface area contributed by atoms with Gasteiger partial charge < -0.3 is 10.3 Å². The van der Waals surface area contributed by atoms with Crippen molar-refractivity contribution in [2.75, 3.05) is 5.32 Å². The molecule has 6 heteroatoms. The van der Waals surface area contributed by atoms with E-state index in [0.717, 1.165) is 28.1 Å². The Balaban J connectivity index is 1.72. The molecule has 0 atom stereocenters. The zero-order valence-electron chi connectivity index (χ0n) is 15.1. The van der Waals surface area contributed by atoms with Gasteiger partial charge >= 0.3 is 0 Å². The molecule has 2 N–H and O–H groups in total. The molecule has 5 nitrogen and oxygen atoms in total. The third-order valence-corrected chi connectivity index (χ3v) is 4.60. The van der Waals surface area contributed by atoms with Crippen LogP contribution in [0.5, 0.6) is 0 Å². The molecular formula is C22H17ClN4O. The van der Waals surface area contributed by atoms with Gasteiger partial charge in [-0.05, 0) is 54.4 Å². The average molecular weight is 389 g/mol. The molecule has 0 saturated heterocycles. The van der Waals surface area contributed by atoms with Crippen molar-refractivity contribution < 1.29 is 0 Å². The predicted molar refractivity (Wildman–Crippen MR) is 113 cm³/mol. The lowest BCUT2D eigenvalue weighted by atomic mass is 10.0. The first-order chi connectivity index (χ1) is 13.6. The summed E-state index contributed by atoms with van der Waals surface area (Å²) in [7, 11) is 0. The van der Waals surface area contributed by atoms with E-state index in [1.54, 1.807) is 24.5 Å². The van der Waals surface area contributed by atoms with Crippen LogP contribution in [-0.2, 0) is 0 Å². The first-order valence-electron chi connectivity index (χ1n) is 8.74. The number of benzene rings is 1. The van der Waals surface area contributed by atoms with Gasteiger partial charge in [0.2, 0.25) is 5.56 Å². The van der Waals surface area contributed by atoms with Crippen LogP contribution >= 0.6 is 11.6 Å². The number of nitrogens with one attached hydrogen (secondary N) is 2. The van der Waals surface area contributed by atoms with Crippen molar-refractivity contribution in [1.82, 2.24) is 15.0 Å². The summed E-state index contributed by atoms with van der Waals surface area (Å²) in [4.78, 5) is 23.7. The molecule has 0 aliphatic heterocycles. The number of hydrogen-bond acceptors (Lipinski definition) is 4. The lowest BCUT2D eigenvalue weighted by Gasteiger charge is -2.10. The number of halogens is 1. The smallest absolute Gasteiger partial charge is 0.249 e. The van der Waals surface area contributed by atoms with Crippen molar-refractivity contribution >= 4 is 23.1 Å². The molecule has 1 aromatic carbocycles. The second-order valence-electron chi connectivity index (χ2n) is 6.37. The summed E-state index contributed by atoms with van der Waals surface area (Å²) >= 11 is 6.29. The maximum absolute atomic E-state index is 12.2. The highest BCUT2D eigenvalue weighted by atomic mass is 35.5. The van der Waals surface area contributed by atoms with E-state index < -0.39 is 0 Å². The fourth-order valence-corrected chi connectivity index (χ4v) is 3.22. The number of aryl methyl sites for hydroxylation is 1. The molecule has 4 rings (SSSR count). The van der Waals surface area contributed by atoms with E-state index in [1.807, 2.05) is 55.5 Å². The van der Waals surface area contributed by atoms with E-state index in [1.165, 1.54) is 0 Å². The summed E-state index contributed by atoms with van der Waals surface area (Å²) in [6, 6.07) is 18.5. The van der Waals surface area contributed by atoms with E-state index >= 15 is 0 Å². The Morgan fingerprint density at radius 1 is 0.929 bits per heavy atom. The van der Waals surface area contributed by atoms with Crippen LogP contribution in [0.1, 0.15) is 5.69 Å². The van der Waals surface area contributed by atoms with Crippen LogP contribution < -0.4 is 10.9 Å². The minimum Gasteiger partial charge on any atom is -0.340 e. The summed E-state index contributed by atoms with van der Waals surface area (Å²) in [6.07, 6.45) is 3.45. The van der Waals surface area contributed by atoms with Gasteiger partial charge in [-0.15, -0.1) is 0 Å². The molecular weight excluding hydrogens is 372 g/mol. The Morgan fingerprint density at radius 3 is 2.57 bits per heavy atom. The standard InChI is InChI=1S/C22H17ClN4O/c1-14-10-17(7-9-24-14)26-21-12-15(6-8-25-21)16-11-20(27-22(28)13-16)18-4-2-3-5-19(18)23/h2-13H,1H3,(H,27,28)(H,24,25,26). The zero-order valence-corrected chi connectivity index (χ0v) is 15.9. The second kappa shape index (κ2) is 7.66. The van der Waals surface area contributed by atoms with Crippen molar-refractivity contribution in [3.05, 3.63) is 94.1 Å². The Bertz CT molecular complexity index is 1200. The lowest BCUT2D eigenvalue weighted by Crippen LogP contribution is -2.06. The molecule has 28 heavy (non-hydrogen) atoms. The number of rotatable bonds is 4. The van der Waals surface area contributed by atoms with Crippen molar-refractivity contribution in [1.29, 1.82) is 0 Å². The minimum absolute atomic E-state index is 0.191. The van der Waals surface area contributed by atoms with E-state index in [0.29, 0.717) is 16.5 Å². The van der Waals surface area contributed by atoms with Gasteiger partial charge in [0.1, 0.15) is 5.82 Å². The van der Waals surface area contributed by atoms with Crippen LogP contribution in [-0.4, -0.2) is 15.0 Å². The number of aromatic nitrogens is 3. The SMILES string of the molecule is Cc1cc(Nc2cc(-c3cc(-c4ccccc4Cl)[nH]c(=O)c3)ccn2)ccn1. The van der Waals surface area contributed by atoms with Gasteiger partial charge in [-0.1, -0.05) is 29.8 Å². The number of pyridine rings is 3. The number of hydrogen-bond donors (Lipinski definition) is 2. The van der Waals surface area contributed by atoms with Crippen molar-refractivity contribution in [2.24, 2.45) is 0 Å². The van der Waals surface area contributed by atoms with Gasteiger partial charge in [-0.25, -0.2) is 4.98 Å². The van der Waals surface area contributed by atoms with Gasteiger partial charge in [-0.2, -0.15) is 0 Å². The van der Waals surface area contributed by atoms with E-state index in [2.05, 4.69) is 20.3 Å². The molecule has 0 unspecified atom stereocenters. The molecule has 0 fully saturated rings. The molecule has 3 aromatic heterocycles. The van der Waals surface area contributed by atoms with Gasteiger partial charge in [0, 0.05) is 40.4 Å². The molecule has 4 aromatic rings. The van der Waals surface area contributed by atoms with Gasteiger partial charge in [0.05, 0.1) is 5.69 Å². The number of aromatic amines is 1. The fraction of sp³-hybridized carbons (Fsp3) is 0.0455. The maximum atomic E-state index is 12.2. The molecule has 0 radical (unpaired) electrons. The molecule has 0 spiro atoms. The molecule has 0 bridgehead atoms. The third-order valence-electron chi connectivity index (χ3n) is 4.27. The first kappa shape index (κ1) is 17.9. The lowest BCUT2D eigenvalue weighted by molar-refractivity contribution is 1.20. The van der Waals surface area contributed by atoms with E-state index in [4.69, 9.17) is 11.6 Å². The summed E-state index contributed by atoms with van der Waals surface area (Å²) in [5.74, 6) is 0.683. The minimum atomic E-state index is -0.191. The molecule has 0 saturated carbocycles. The summed E-state index contributed by atoms with van der Waals surface area (Å²) in [5.41, 5.74) is 4.74. The summed E-state index contributed by atoms with van der Waals surface area (Å²) < 4.78 is 0. The molecule has 0 amide bonds. The van der Waals surface area contributed by atoms with Crippen LogP contribution in [0.2, 0.25) is 5.02 Å².